The van der Waals surface area contributed by atoms with E-state index in [1.807, 2.05) is 0 Å². The fourth-order valence-corrected chi connectivity index (χ4v) is 10.4. The van der Waals surface area contributed by atoms with E-state index in [1.165, 1.54) is 13.8 Å². The molecule has 10 atom stereocenters. The number of esters is 2. The van der Waals surface area contributed by atoms with Crippen LogP contribution in [-0.2, 0) is 23.9 Å². The summed E-state index contributed by atoms with van der Waals surface area (Å²) in [5.74, 6) is 0.322. The van der Waals surface area contributed by atoms with Crippen LogP contribution in [-0.4, -0.2) is 54.0 Å². The highest BCUT2D eigenvalue weighted by Crippen LogP contribution is 2.83. The van der Waals surface area contributed by atoms with Crippen LogP contribution in [0.25, 0.3) is 0 Å². The van der Waals surface area contributed by atoms with Crippen molar-refractivity contribution in [3.63, 3.8) is 0 Å². The van der Waals surface area contributed by atoms with Crippen LogP contribution in [0.2, 0.25) is 0 Å². The van der Waals surface area contributed by atoms with Gasteiger partial charge in [-0.25, -0.2) is 0 Å². The Balaban J connectivity index is 1.59. The van der Waals surface area contributed by atoms with E-state index < -0.39 is 6.10 Å². The molecule has 1 heterocycles. The first kappa shape index (κ1) is 20.9. The molecule has 5 aliphatic carbocycles. The number of likely N-dealkylation sites (tertiary alicyclic amines) is 1. The molecule has 2 spiro atoms. The number of rotatable bonds is 3. The number of carbonyl (C=O) groups is 3. The number of ketones is 1. The van der Waals surface area contributed by atoms with Crippen LogP contribution in [0.15, 0.2) is 12.2 Å². The lowest BCUT2D eigenvalue weighted by Crippen LogP contribution is -2.69. The van der Waals surface area contributed by atoms with Gasteiger partial charge in [0.25, 0.3) is 0 Å². The quantitative estimate of drug-likeness (QED) is 0.495. The second-order valence-electron chi connectivity index (χ2n) is 11.8. The maximum Gasteiger partial charge on any atom is 0.303 e. The number of piperidine rings is 1. The van der Waals surface area contributed by atoms with Crippen molar-refractivity contribution in [2.75, 3.05) is 13.1 Å². The fourth-order valence-electron chi connectivity index (χ4n) is 10.4. The zero-order valence-electron chi connectivity index (χ0n) is 19.7. The third-order valence-electron chi connectivity index (χ3n) is 10.9. The van der Waals surface area contributed by atoms with E-state index in [2.05, 4.69) is 25.3 Å². The van der Waals surface area contributed by atoms with Crippen molar-refractivity contribution < 1.29 is 23.9 Å². The number of Topliss-reactive ketones (excluding diaryl/α,β-unsaturated/α-hetero) is 1. The molecule has 174 valence electrons. The summed E-state index contributed by atoms with van der Waals surface area (Å²) >= 11 is 0. The number of nitrogens with zero attached hydrogens (tertiary/aromatic N) is 1. The summed E-state index contributed by atoms with van der Waals surface area (Å²) in [5, 5.41) is 0. The molecule has 6 nitrogen and oxygen atoms in total. The smallest absolute Gasteiger partial charge is 0.303 e. The lowest BCUT2D eigenvalue weighted by Gasteiger charge is -2.65. The van der Waals surface area contributed by atoms with Crippen LogP contribution in [0.5, 0.6) is 0 Å². The van der Waals surface area contributed by atoms with Crippen molar-refractivity contribution in [2.24, 2.45) is 39.9 Å². The number of fused-ring (bicyclic) bond motifs is 1. The molecule has 6 fully saturated rings. The largest absolute Gasteiger partial charge is 0.462 e. The lowest BCUT2D eigenvalue weighted by atomic mass is 9.43. The average molecular weight is 442 g/mol. The average Bonchev–Trinajstić information content (AvgIpc) is 3.24. The predicted octanol–water partition coefficient (Wildman–Crippen LogP) is 3.14. The minimum absolute atomic E-state index is 0.0643. The maximum atomic E-state index is 13.4. The van der Waals surface area contributed by atoms with Gasteiger partial charge in [-0.1, -0.05) is 20.4 Å². The molecule has 0 amide bonds. The first-order chi connectivity index (χ1) is 15.1. The Labute approximate surface area is 190 Å². The van der Waals surface area contributed by atoms with E-state index in [9.17, 15) is 14.4 Å². The fraction of sp³-hybridized carbons (Fsp3) is 0.808. The van der Waals surface area contributed by atoms with E-state index in [1.54, 1.807) is 0 Å². The van der Waals surface area contributed by atoms with Gasteiger partial charge >= 0.3 is 11.9 Å². The van der Waals surface area contributed by atoms with Crippen LogP contribution in [0, 0.1) is 39.9 Å². The van der Waals surface area contributed by atoms with Gasteiger partial charge in [-0.3, -0.25) is 19.3 Å². The molecular formula is C26H35NO5. The normalized spacial score (nSPS) is 52.7. The molecule has 0 aromatic carbocycles. The Hall–Kier alpha value is -1.69. The number of carbonyl (C=O) groups excluding carboxylic acids is 3. The summed E-state index contributed by atoms with van der Waals surface area (Å²) in [5.41, 5.74) is 0.446. The summed E-state index contributed by atoms with van der Waals surface area (Å²) in [4.78, 5) is 40.5. The summed E-state index contributed by atoms with van der Waals surface area (Å²) < 4.78 is 12.2. The van der Waals surface area contributed by atoms with Gasteiger partial charge in [0.05, 0.1) is 0 Å². The molecule has 1 saturated heterocycles. The molecule has 6 rings (SSSR count). The first-order valence-corrected chi connectivity index (χ1v) is 12.4. The Kier molecular flexibility index (Phi) is 4.08. The molecule has 5 saturated carbocycles. The molecule has 1 aliphatic heterocycles. The van der Waals surface area contributed by atoms with Crippen LogP contribution >= 0.6 is 0 Å². The van der Waals surface area contributed by atoms with Gasteiger partial charge in [-0.2, -0.15) is 0 Å². The first-order valence-electron chi connectivity index (χ1n) is 12.4. The summed E-state index contributed by atoms with van der Waals surface area (Å²) in [7, 11) is 0. The van der Waals surface area contributed by atoms with Gasteiger partial charge in [-0.15, -0.1) is 0 Å². The van der Waals surface area contributed by atoms with Crippen LogP contribution in [0.3, 0.4) is 0 Å². The maximum absolute atomic E-state index is 13.4. The molecule has 0 radical (unpaired) electrons. The molecule has 0 aromatic heterocycles. The molecule has 0 aromatic rings. The van der Waals surface area contributed by atoms with E-state index in [0.29, 0.717) is 18.3 Å². The van der Waals surface area contributed by atoms with Gasteiger partial charge in [0.15, 0.2) is 0 Å². The Bertz CT molecular complexity index is 945. The van der Waals surface area contributed by atoms with Gasteiger partial charge < -0.3 is 9.47 Å². The second kappa shape index (κ2) is 6.25. The summed E-state index contributed by atoms with van der Waals surface area (Å²) in [6, 6.07) is 0.260. The number of hydrogen-bond donors (Lipinski definition) is 0. The van der Waals surface area contributed by atoms with E-state index in [-0.39, 0.29) is 57.9 Å². The Morgan fingerprint density at radius 1 is 1.19 bits per heavy atom. The highest BCUT2D eigenvalue weighted by atomic mass is 16.5. The van der Waals surface area contributed by atoms with Crippen molar-refractivity contribution in [3.8, 4) is 0 Å². The van der Waals surface area contributed by atoms with Crippen LogP contribution < -0.4 is 0 Å². The molecule has 7 bridgehead atoms. The molecule has 6 aliphatic rings. The molecule has 0 unspecified atom stereocenters. The van der Waals surface area contributed by atoms with Gasteiger partial charge in [-0.05, 0) is 61.0 Å². The van der Waals surface area contributed by atoms with Crippen molar-refractivity contribution >= 4 is 17.7 Å². The van der Waals surface area contributed by atoms with Gasteiger partial charge in [0.1, 0.15) is 18.0 Å². The Morgan fingerprint density at radius 2 is 1.91 bits per heavy atom. The zero-order valence-corrected chi connectivity index (χ0v) is 19.7. The SMILES string of the molecule is C=C1[C@H]2C[C@@]3([C@@H]1OC(C)=O)[C@H]1C[C@@H]4[C@@]5(C)CC[C@H](OC(C)=O)[C@@]4([C@H]1N(CC)C5)[C@H]3CC2=O. The minimum Gasteiger partial charge on any atom is -0.462 e. The van der Waals surface area contributed by atoms with Crippen LogP contribution in [0.1, 0.15) is 59.8 Å². The van der Waals surface area contributed by atoms with Crippen molar-refractivity contribution in [1.29, 1.82) is 0 Å². The number of ether oxygens (including phenoxy) is 2. The number of hydrogen-bond acceptors (Lipinski definition) is 6. The van der Waals surface area contributed by atoms with Crippen molar-refractivity contribution in [2.45, 2.75) is 78.0 Å². The zero-order chi connectivity index (χ0) is 22.8. The van der Waals surface area contributed by atoms with E-state index in [0.717, 1.165) is 44.3 Å². The third kappa shape index (κ3) is 2.10. The minimum atomic E-state index is -0.405. The highest BCUT2D eigenvalue weighted by molar-refractivity contribution is 5.87. The second-order valence-corrected chi connectivity index (χ2v) is 11.8. The monoisotopic (exact) mass is 441 g/mol. The Morgan fingerprint density at radius 3 is 2.56 bits per heavy atom. The van der Waals surface area contributed by atoms with Gasteiger partial charge in [0, 0.05) is 49.6 Å². The summed E-state index contributed by atoms with van der Waals surface area (Å²) in [6.45, 7) is 13.9. The van der Waals surface area contributed by atoms with Gasteiger partial charge in [0.2, 0.25) is 0 Å². The molecule has 6 heteroatoms. The third-order valence-corrected chi connectivity index (χ3v) is 10.9. The standard InChI is InChI=1S/C26H35NO5/c1-6-27-12-24(5)8-7-21(31-14(3)28)26-19(24)9-17(22(26)27)25-11-16(18(30)10-20(25)26)13(2)23(25)32-15(4)29/h16-17,19-23H,2,6-12H2,1,3-5H3/t16-,17+,19-,20+,21+,22+,23-,24+,25-,26+/m1/s1. The van der Waals surface area contributed by atoms with E-state index in [4.69, 9.17) is 9.47 Å². The lowest BCUT2D eigenvalue weighted by molar-refractivity contribution is -0.224. The van der Waals surface area contributed by atoms with Crippen molar-refractivity contribution in [1.82, 2.24) is 4.90 Å². The molecule has 0 N–H and O–H groups in total. The van der Waals surface area contributed by atoms with Crippen LogP contribution in [0.4, 0.5) is 0 Å². The van der Waals surface area contributed by atoms with E-state index >= 15 is 0 Å². The topological polar surface area (TPSA) is 72.9 Å². The molecule has 32 heavy (non-hydrogen) atoms. The van der Waals surface area contributed by atoms with Crippen molar-refractivity contribution in [3.05, 3.63) is 12.2 Å². The highest BCUT2D eigenvalue weighted by Gasteiger charge is 2.86. The predicted molar refractivity (Wildman–Crippen MR) is 116 cm³/mol. The summed E-state index contributed by atoms with van der Waals surface area (Å²) in [6.07, 6.45) is 3.62. The molecular weight excluding hydrogens is 406 g/mol.